The highest BCUT2D eigenvalue weighted by molar-refractivity contribution is 7.20. The van der Waals surface area contributed by atoms with E-state index in [0.29, 0.717) is 4.88 Å². The van der Waals surface area contributed by atoms with E-state index < -0.39 is 5.97 Å². The molecule has 3 rings (SSSR count). The zero-order valence-electron chi connectivity index (χ0n) is 12.3. The van der Waals surface area contributed by atoms with Gasteiger partial charge in [-0.1, -0.05) is 6.92 Å². The van der Waals surface area contributed by atoms with Crippen LogP contribution in [-0.4, -0.2) is 34.1 Å². The third-order valence-electron chi connectivity index (χ3n) is 3.87. The molecule has 2 aromatic rings. The summed E-state index contributed by atoms with van der Waals surface area (Å²) in [7, 11) is 0. The second kappa shape index (κ2) is 5.60. The first-order chi connectivity index (χ1) is 10.1. The maximum absolute atomic E-state index is 11.3. The van der Waals surface area contributed by atoms with Crippen molar-refractivity contribution in [3.8, 4) is 0 Å². The van der Waals surface area contributed by atoms with Crippen molar-refractivity contribution in [2.75, 3.05) is 18.0 Å². The molecule has 6 heteroatoms. The predicted octanol–water partition coefficient (Wildman–Crippen LogP) is 3.32. The Balaban J connectivity index is 2.09. The highest BCUT2D eigenvalue weighted by Gasteiger charge is 2.27. The lowest BCUT2D eigenvalue weighted by Gasteiger charge is -2.23. The van der Waals surface area contributed by atoms with Crippen molar-refractivity contribution in [3.63, 3.8) is 0 Å². The Morgan fingerprint density at radius 3 is 2.86 bits per heavy atom. The van der Waals surface area contributed by atoms with E-state index >= 15 is 0 Å². The summed E-state index contributed by atoms with van der Waals surface area (Å²) < 4.78 is 0. The number of thiophene rings is 1. The maximum Gasteiger partial charge on any atom is 0.346 e. The molecule has 0 unspecified atom stereocenters. The molecule has 0 amide bonds. The monoisotopic (exact) mass is 305 g/mol. The van der Waals surface area contributed by atoms with Crippen molar-refractivity contribution in [1.82, 2.24) is 9.97 Å². The van der Waals surface area contributed by atoms with Crippen molar-refractivity contribution in [3.05, 3.63) is 16.8 Å². The number of carbonyl (C=O) groups is 1. The van der Waals surface area contributed by atoms with Gasteiger partial charge in [0.05, 0.1) is 5.39 Å². The first kappa shape index (κ1) is 14.3. The number of rotatable bonds is 6. The summed E-state index contributed by atoms with van der Waals surface area (Å²) >= 11 is 1.24. The van der Waals surface area contributed by atoms with E-state index in [2.05, 4.69) is 21.8 Å². The number of aryl methyl sites for hydroxylation is 1. The van der Waals surface area contributed by atoms with Gasteiger partial charge in [0.2, 0.25) is 0 Å². The summed E-state index contributed by atoms with van der Waals surface area (Å²) in [6.45, 7) is 5.97. The number of carboxylic acids is 1. The zero-order chi connectivity index (χ0) is 15.0. The highest BCUT2D eigenvalue weighted by atomic mass is 32.1. The average Bonchev–Trinajstić information content (AvgIpc) is 3.20. The molecular weight excluding hydrogens is 286 g/mol. The molecule has 112 valence electrons. The molecule has 0 spiro atoms. The van der Waals surface area contributed by atoms with Crippen LogP contribution in [0, 0.1) is 12.8 Å². The molecule has 0 aromatic carbocycles. The van der Waals surface area contributed by atoms with Crippen molar-refractivity contribution < 1.29 is 9.90 Å². The van der Waals surface area contributed by atoms with Gasteiger partial charge in [-0.2, -0.15) is 0 Å². The summed E-state index contributed by atoms with van der Waals surface area (Å²) in [4.78, 5) is 23.5. The van der Waals surface area contributed by atoms with E-state index in [4.69, 9.17) is 0 Å². The molecule has 1 N–H and O–H groups in total. The summed E-state index contributed by atoms with van der Waals surface area (Å²) in [5.41, 5.74) is 0.787. The highest BCUT2D eigenvalue weighted by Crippen LogP contribution is 2.37. The molecule has 1 aliphatic rings. The van der Waals surface area contributed by atoms with Crippen LogP contribution in [0.15, 0.2) is 6.33 Å². The Kier molecular flexibility index (Phi) is 3.80. The number of carboxylic acid groups (broad SMARTS) is 1. The van der Waals surface area contributed by atoms with Crippen LogP contribution < -0.4 is 4.90 Å². The predicted molar refractivity (Wildman–Crippen MR) is 84.3 cm³/mol. The lowest BCUT2D eigenvalue weighted by molar-refractivity contribution is 0.0701. The Morgan fingerprint density at radius 1 is 1.48 bits per heavy atom. The second-order valence-corrected chi connectivity index (χ2v) is 6.63. The third-order valence-corrected chi connectivity index (χ3v) is 5.06. The molecule has 2 aromatic heterocycles. The Labute approximate surface area is 127 Å². The van der Waals surface area contributed by atoms with Crippen molar-refractivity contribution in [2.24, 2.45) is 5.92 Å². The van der Waals surface area contributed by atoms with Gasteiger partial charge in [0.15, 0.2) is 0 Å². The number of hydrogen-bond acceptors (Lipinski definition) is 5. The minimum Gasteiger partial charge on any atom is -0.477 e. The minimum atomic E-state index is -0.884. The van der Waals surface area contributed by atoms with Gasteiger partial charge in [-0.3, -0.25) is 0 Å². The van der Waals surface area contributed by atoms with Gasteiger partial charge in [-0.25, -0.2) is 14.8 Å². The molecule has 0 bridgehead atoms. The topological polar surface area (TPSA) is 66.3 Å². The minimum absolute atomic E-state index is 0.370. The lowest BCUT2D eigenvalue weighted by Crippen LogP contribution is -2.27. The summed E-state index contributed by atoms with van der Waals surface area (Å²) in [5, 5.41) is 10.2. The molecule has 0 aliphatic heterocycles. The lowest BCUT2D eigenvalue weighted by atomic mass is 10.2. The average molecular weight is 305 g/mol. The first-order valence-electron chi connectivity index (χ1n) is 7.34. The van der Waals surface area contributed by atoms with Crippen LogP contribution in [-0.2, 0) is 0 Å². The van der Waals surface area contributed by atoms with Gasteiger partial charge in [0, 0.05) is 13.1 Å². The number of fused-ring (bicyclic) bond motifs is 1. The zero-order valence-corrected chi connectivity index (χ0v) is 13.1. The van der Waals surface area contributed by atoms with E-state index in [1.807, 2.05) is 6.92 Å². The normalized spacial score (nSPS) is 14.6. The fourth-order valence-electron chi connectivity index (χ4n) is 2.66. The van der Waals surface area contributed by atoms with Crippen molar-refractivity contribution in [2.45, 2.75) is 33.1 Å². The Morgan fingerprint density at radius 2 is 2.24 bits per heavy atom. The molecule has 0 atom stereocenters. The third kappa shape index (κ3) is 2.72. The molecule has 21 heavy (non-hydrogen) atoms. The van der Waals surface area contributed by atoms with Crippen molar-refractivity contribution >= 4 is 33.3 Å². The van der Waals surface area contributed by atoms with E-state index in [0.717, 1.165) is 47.0 Å². The fraction of sp³-hybridized carbons (Fsp3) is 0.533. The van der Waals surface area contributed by atoms with Crippen LogP contribution in [0.4, 0.5) is 5.82 Å². The molecule has 1 saturated carbocycles. The van der Waals surface area contributed by atoms with Crippen LogP contribution in [0.5, 0.6) is 0 Å². The number of hydrogen-bond donors (Lipinski definition) is 1. The van der Waals surface area contributed by atoms with Gasteiger partial charge < -0.3 is 10.0 Å². The molecule has 5 nitrogen and oxygen atoms in total. The molecule has 0 saturated heterocycles. The smallest absolute Gasteiger partial charge is 0.346 e. The molecule has 1 fully saturated rings. The Bertz CT molecular complexity index is 679. The molecule has 0 radical (unpaired) electrons. The first-order valence-corrected chi connectivity index (χ1v) is 8.15. The summed E-state index contributed by atoms with van der Waals surface area (Å²) in [6.07, 6.45) is 5.18. The van der Waals surface area contributed by atoms with Crippen LogP contribution >= 0.6 is 11.3 Å². The van der Waals surface area contributed by atoms with Crippen molar-refractivity contribution in [1.29, 1.82) is 0 Å². The van der Waals surface area contributed by atoms with Crippen LogP contribution in [0.3, 0.4) is 0 Å². The molecular formula is C15H19N3O2S. The van der Waals surface area contributed by atoms with E-state index in [1.165, 1.54) is 24.2 Å². The second-order valence-electron chi connectivity index (χ2n) is 5.63. The SMILES string of the molecule is CCCN(CC1CC1)c1ncnc2sc(C(=O)O)c(C)c12. The summed E-state index contributed by atoms with van der Waals surface area (Å²) in [5.74, 6) is 0.778. The quantitative estimate of drug-likeness (QED) is 0.886. The number of aromatic carboxylic acids is 1. The van der Waals surface area contributed by atoms with Gasteiger partial charge in [-0.05, 0) is 37.7 Å². The standard InChI is InChI=1S/C15H19N3O2S/c1-3-6-18(7-10-4-5-10)13-11-9(2)12(15(19)20)21-14(11)17-8-16-13/h8,10H,3-7H2,1-2H3,(H,19,20). The van der Waals surface area contributed by atoms with E-state index in [1.54, 1.807) is 6.33 Å². The maximum atomic E-state index is 11.3. The number of aromatic nitrogens is 2. The van der Waals surface area contributed by atoms with Gasteiger partial charge in [-0.15, -0.1) is 11.3 Å². The van der Waals surface area contributed by atoms with E-state index in [9.17, 15) is 9.90 Å². The molecule has 1 aliphatic carbocycles. The number of nitrogens with zero attached hydrogens (tertiary/aromatic N) is 3. The largest absolute Gasteiger partial charge is 0.477 e. The van der Waals surface area contributed by atoms with E-state index in [-0.39, 0.29) is 0 Å². The number of anilines is 1. The van der Waals surface area contributed by atoms with Gasteiger partial charge in [0.1, 0.15) is 21.9 Å². The summed E-state index contributed by atoms with van der Waals surface area (Å²) in [6, 6.07) is 0. The van der Waals surface area contributed by atoms with Gasteiger partial charge in [0.25, 0.3) is 0 Å². The fourth-order valence-corrected chi connectivity index (χ4v) is 3.64. The van der Waals surface area contributed by atoms with Gasteiger partial charge >= 0.3 is 5.97 Å². The van der Waals surface area contributed by atoms with Crippen LogP contribution in [0.1, 0.15) is 41.4 Å². The van der Waals surface area contributed by atoms with Crippen LogP contribution in [0.2, 0.25) is 0 Å². The van der Waals surface area contributed by atoms with Crippen LogP contribution in [0.25, 0.3) is 10.2 Å². The molecule has 2 heterocycles. The Hall–Kier alpha value is -1.69.